The fraction of sp³-hybridized carbons (Fsp3) is 0.0769. The highest BCUT2D eigenvalue weighted by atomic mass is 35.5. The molecule has 1 amide bonds. The van der Waals surface area contributed by atoms with Crippen molar-refractivity contribution in [2.75, 3.05) is 5.32 Å². The molecule has 0 saturated heterocycles. The Bertz CT molecular complexity index is 557. The van der Waals surface area contributed by atoms with E-state index in [4.69, 9.17) is 17.3 Å². The zero-order chi connectivity index (χ0) is 13.0. The van der Waals surface area contributed by atoms with Gasteiger partial charge in [0.05, 0.1) is 17.8 Å². The van der Waals surface area contributed by atoms with Gasteiger partial charge in [-0.25, -0.2) is 4.98 Å². The number of nitrogens with two attached hydrogens (primary N) is 1. The minimum absolute atomic E-state index is 0.338. The Morgan fingerprint density at radius 1 is 1.22 bits per heavy atom. The molecule has 0 aliphatic rings. The number of para-hydroxylation sites is 1. The molecule has 2 rings (SSSR count). The van der Waals surface area contributed by atoms with Gasteiger partial charge in [-0.3, -0.25) is 4.79 Å². The summed E-state index contributed by atoms with van der Waals surface area (Å²) in [6, 6.07) is 12.7. The molecule has 0 unspecified atom stereocenters. The molecule has 0 saturated carbocycles. The quantitative estimate of drug-likeness (QED) is 0.831. The van der Waals surface area contributed by atoms with E-state index in [0.29, 0.717) is 23.0 Å². The average Bonchev–Trinajstić information content (AvgIpc) is 2.37. The molecule has 4 nitrogen and oxygen atoms in total. The molecule has 0 spiro atoms. The number of aromatic nitrogens is 1. The summed E-state index contributed by atoms with van der Waals surface area (Å²) in [6.45, 7) is 0.392. The zero-order valence-corrected chi connectivity index (χ0v) is 10.3. The van der Waals surface area contributed by atoms with Crippen LogP contribution in [0.2, 0.25) is 5.15 Å². The van der Waals surface area contributed by atoms with Crippen LogP contribution in [0.5, 0.6) is 0 Å². The van der Waals surface area contributed by atoms with Gasteiger partial charge in [0.25, 0.3) is 5.91 Å². The normalized spacial score (nSPS) is 10.1. The van der Waals surface area contributed by atoms with Crippen LogP contribution in [0.15, 0.2) is 42.5 Å². The summed E-state index contributed by atoms with van der Waals surface area (Å²) < 4.78 is 0. The van der Waals surface area contributed by atoms with Crippen LogP contribution < -0.4 is 11.1 Å². The lowest BCUT2D eigenvalue weighted by Crippen LogP contribution is -2.16. The number of anilines is 1. The third kappa shape index (κ3) is 2.99. The maximum absolute atomic E-state index is 11.3. The molecule has 1 aromatic carbocycles. The number of primary amides is 1. The van der Waals surface area contributed by atoms with Crippen molar-refractivity contribution >= 4 is 23.2 Å². The molecule has 5 heteroatoms. The Hall–Kier alpha value is -2.07. The van der Waals surface area contributed by atoms with E-state index in [1.165, 1.54) is 0 Å². The second kappa shape index (κ2) is 5.51. The van der Waals surface area contributed by atoms with E-state index in [0.717, 1.165) is 5.69 Å². The average molecular weight is 262 g/mol. The van der Waals surface area contributed by atoms with Gasteiger partial charge < -0.3 is 11.1 Å². The highest BCUT2D eigenvalue weighted by Gasteiger charge is 2.09. The maximum atomic E-state index is 11.3. The molecule has 0 bridgehead atoms. The summed E-state index contributed by atoms with van der Waals surface area (Å²) in [4.78, 5) is 15.4. The largest absolute Gasteiger partial charge is 0.379 e. The summed E-state index contributed by atoms with van der Waals surface area (Å²) >= 11 is 5.81. The molecule has 0 fully saturated rings. The van der Waals surface area contributed by atoms with Crippen molar-refractivity contribution in [2.45, 2.75) is 6.54 Å². The Balaban J connectivity index is 2.18. The number of hydrogen-bond donors (Lipinski definition) is 2. The topological polar surface area (TPSA) is 68.0 Å². The molecule has 0 aliphatic heterocycles. The van der Waals surface area contributed by atoms with E-state index in [9.17, 15) is 4.79 Å². The van der Waals surface area contributed by atoms with Gasteiger partial charge >= 0.3 is 0 Å². The fourth-order valence-electron chi connectivity index (χ4n) is 1.58. The van der Waals surface area contributed by atoms with E-state index < -0.39 is 5.91 Å². The third-order valence-electron chi connectivity index (χ3n) is 2.44. The van der Waals surface area contributed by atoms with E-state index in [2.05, 4.69) is 10.3 Å². The Morgan fingerprint density at radius 3 is 2.61 bits per heavy atom. The van der Waals surface area contributed by atoms with Crippen molar-refractivity contribution in [3.63, 3.8) is 0 Å². The number of pyridine rings is 1. The monoisotopic (exact) mass is 261 g/mol. The molecule has 18 heavy (non-hydrogen) atoms. The Kier molecular flexibility index (Phi) is 3.79. The molecular weight excluding hydrogens is 250 g/mol. The molecular formula is C13H12ClN3O. The number of nitrogens with one attached hydrogen (secondary N) is 1. The van der Waals surface area contributed by atoms with Gasteiger partial charge in [0, 0.05) is 5.69 Å². The van der Waals surface area contributed by atoms with Gasteiger partial charge in [-0.15, -0.1) is 0 Å². The molecule has 0 radical (unpaired) electrons. The SMILES string of the molecule is NC(=O)c1ccc(Cl)nc1CNc1ccccc1. The minimum atomic E-state index is -0.510. The molecule has 1 heterocycles. The van der Waals surface area contributed by atoms with Crippen LogP contribution in [0.3, 0.4) is 0 Å². The van der Waals surface area contributed by atoms with Crippen molar-refractivity contribution in [3.8, 4) is 0 Å². The number of amides is 1. The number of rotatable bonds is 4. The first-order valence-corrected chi connectivity index (χ1v) is 5.79. The lowest BCUT2D eigenvalue weighted by Gasteiger charge is -2.09. The van der Waals surface area contributed by atoms with Crippen molar-refractivity contribution in [2.24, 2.45) is 5.73 Å². The maximum Gasteiger partial charge on any atom is 0.250 e. The number of benzene rings is 1. The first-order valence-electron chi connectivity index (χ1n) is 5.41. The molecule has 0 aliphatic carbocycles. The lowest BCUT2D eigenvalue weighted by atomic mass is 10.2. The van der Waals surface area contributed by atoms with Crippen molar-refractivity contribution in [1.29, 1.82) is 0 Å². The van der Waals surface area contributed by atoms with Gasteiger partial charge in [0.15, 0.2) is 0 Å². The predicted molar refractivity (Wildman–Crippen MR) is 71.5 cm³/mol. The van der Waals surface area contributed by atoms with Crippen molar-refractivity contribution in [1.82, 2.24) is 4.98 Å². The van der Waals surface area contributed by atoms with Gasteiger partial charge in [-0.1, -0.05) is 29.8 Å². The van der Waals surface area contributed by atoms with Crippen LogP contribution in [0.25, 0.3) is 0 Å². The zero-order valence-electron chi connectivity index (χ0n) is 9.56. The van der Waals surface area contributed by atoms with Gasteiger partial charge in [-0.2, -0.15) is 0 Å². The van der Waals surface area contributed by atoms with E-state index in [-0.39, 0.29) is 0 Å². The second-order valence-corrected chi connectivity index (χ2v) is 4.10. The van der Waals surface area contributed by atoms with Crippen LogP contribution in [-0.2, 0) is 6.54 Å². The summed E-state index contributed by atoms with van der Waals surface area (Å²) in [7, 11) is 0. The molecule has 1 aromatic heterocycles. The molecule has 0 atom stereocenters. The van der Waals surface area contributed by atoms with Gasteiger partial charge in [0.1, 0.15) is 5.15 Å². The van der Waals surface area contributed by atoms with E-state index in [1.807, 2.05) is 30.3 Å². The summed E-state index contributed by atoms with van der Waals surface area (Å²) in [6.07, 6.45) is 0. The Morgan fingerprint density at radius 2 is 1.94 bits per heavy atom. The van der Waals surface area contributed by atoms with Gasteiger partial charge in [0.2, 0.25) is 0 Å². The summed E-state index contributed by atoms with van der Waals surface area (Å²) in [5.74, 6) is -0.510. The third-order valence-corrected chi connectivity index (χ3v) is 2.65. The molecule has 2 aromatic rings. The fourth-order valence-corrected chi connectivity index (χ4v) is 1.74. The highest BCUT2D eigenvalue weighted by molar-refractivity contribution is 6.29. The summed E-state index contributed by atoms with van der Waals surface area (Å²) in [5, 5.41) is 3.49. The smallest absolute Gasteiger partial charge is 0.250 e. The van der Waals surface area contributed by atoms with Crippen LogP contribution >= 0.6 is 11.6 Å². The number of halogens is 1. The van der Waals surface area contributed by atoms with Crippen molar-refractivity contribution < 1.29 is 4.79 Å². The minimum Gasteiger partial charge on any atom is -0.379 e. The predicted octanol–water partition coefficient (Wildman–Crippen LogP) is 2.45. The second-order valence-electron chi connectivity index (χ2n) is 3.71. The van der Waals surface area contributed by atoms with E-state index in [1.54, 1.807) is 12.1 Å². The molecule has 3 N–H and O–H groups in total. The lowest BCUT2D eigenvalue weighted by molar-refractivity contribution is 0.0999. The highest BCUT2D eigenvalue weighted by Crippen LogP contribution is 2.13. The number of hydrogen-bond acceptors (Lipinski definition) is 3. The number of carbonyl (C=O) groups is 1. The first-order chi connectivity index (χ1) is 8.66. The van der Waals surface area contributed by atoms with Crippen LogP contribution in [0.1, 0.15) is 16.1 Å². The standard InChI is InChI=1S/C13H12ClN3O/c14-12-7-6-10(13(15)18)11(17-12)8-16-9-4-2-1-3-5-9/h1-7,16H,8H2,(H2,15,18). The number of carbonyl (C=O) groups excluding carboxylic acids is 1. The molecule has 92 valence electrons. The van der Waals surface area contributed by atoms with Crippen molar-refractivity contribution in [3.05, 3.63) is 58.9 Å². The summed E-state index contributed by atoms with van der Waals surface area (Å²) in [5.41, 5.74) is 7.14. The number of nitrogens with zero attached hydrogens (tertiary/aromatic N) is 1. The first kappa shape index (κ1) is 12.4. The van der Waals surface area contributed by atoms with E-state index >= 15 is 0 Å². The van der Waals surface area contributed by atoms with Crippen LogP contribution in [-0.4, -0.2) is 10.9 Å². The Labute approximate surface area is 110 Å². The van der Waals surface area contributed by atoms with Gasteiger partial charge in [-0.05, 0) is 24.3 Å². The van der Waals surface area contributed by atoms with Crippen LogP contribution in [0.4, 0.5) is 5.69 Å². The van der Waals surface area contributed by atoms with Crippen LogP contribution in [0, 0.1) is 0 Å².